The SMILES string of the molecule is CC/C=C\C/C=C\C/C=C\C/C=C\CCSC(CC)(CC)C(=O)NCCOC(=O)Nc1ccc(N=O)c(C(=O)O)c1. The maximum atomic E-state index is 13.0. The van der Waals surface area contributed by atoms with Gasteiger partial charge in [0.25, 0.3) is 0 Å². The molecule has 10 heteroatoms. The van der Waals surface area contributed by atoms with E-state index in [9.17, 15) is 19.3 Å². The lowest BCUT2D eigenvalue weighted by Crippen LogP contribution is -2.45. The van der Waals surface area contributed by atoms with Crippen molar-refractivity contribution in [3.63, 3.8) is 0 Å². The van der Waals surface area contributed by atoms with E-state index < -0.39 is 16.8 Å². The van der Waals surface area contributed by atoms with Gasteiger partial charge in [0.1, 0.15) is 12.3 Å². The summed E-state index contributed by atoms with van der Waals surface area (Å²) in [7, 11) is 0. The zero-order chi connectivity index (χ0) is 30.3. The molecular weight excluding hydrogens is 542 g/mol. The number of nitroso groups, excluding NO2 is 1. The average Bonchev–Trinajstić information content (AvgIpc) is 2.97. The van der Waals surface area contributed by atoms with Gasteiger partial charge in [0.15, 0.2) is 0 Å². The Labute approximate surface area is 247 Å². The summed E-state index contributed by atoms with van der Waals surface area (Å²) in [5.41, 5.74) is -0.435. The largest absolute Gasteiger partial charge is 0.478 e. The molecule has 1 aromatic rings. The number of aromatic carboxylic acids is 1. The molecule has 0 aliphatic carbocycles. The first-order valence-corrected chi connectivity index (χ1v) is 15.0. The molecule has 2 amide bonds. The number of benzene rings is 1. The van der Waals surface area contributed by atoms with E-state index in [-0.39, 0.29) is 36.0 Å². The van der Waals surface area contributed by atoms with Gasteiger partial charge in [-0.1, -0.05) is 69.4 Å². The number of nitrogens with one attached hydrogen (secondary N) is 2. The van der Waals surface area contributed by atoms with Crippen LogP contribution in [-0.2, 0) is 9.53 Å². The molecule has 0 spiro atoms. The van der Waals surface area contributed by atoms with Gasteiger partial charge in [-0.2, -0.15) is 0 Å². The molecule has 41 heavy (non-hydrogen) atoms. The minimum atomic E-state index is -1.34. The molecular formula is C31H43N3O6S. The fourth-order valence-corrected chi connectivity index (χ4v) is 5.00. The maximum Gasteiger partial charge on any atom is 0.411 e. The van der Waals surface area contributed by atoms with Gasteiger partial charge in [0.05, 0.1) is 16.9 Å². The number of hydrogen-bond donors (Lipinski definition) is 3. The Balaban J connectivity index is 2.37. The van der Waals surface area contributed by atoms with Crippen molar-refractivity contribution in [3.8, 4) is 0 Å². The number of carboxylic acids is 1. The lowest BCUT2D eigenvalue weighted by molar-refractivity contribution is -0.123. The number of nitrogens with zero attached hydrogens (tertiary/aromatic N) is 1. The van der Waals surface area contributed by atoms with Crippen molar-refractivity contribution in [1.82, 2.24) is 5.32 Å². The van der Waals surface area contributed by atoms with Crippen LogP contribution in [0.5, 0.6) is 0 Å². The zero-order valence-electron chi connectivity index (χ0n) is 24.3. The summed E-state index contributed by atoms with van der Waals surface area (Å²) in [6.07, 6.45) is 22.6. The molecule has 0 bridgehead atoms. The Hall–Kier alpha value is -3.66. The third-order valence-corrected chi connectivity index (χ3v) is 7.89. The normalized spacial score (nSPS) is 12.0. The summed E-state index contributed by atoms with van der Waals surface area (Å²) in [5.74, 6) is -0.616. The van der Waals surface area contributed by atoms with E-state index in [0.29, 0.717) is 12.8 Å². The van der Waals surface area contributed by atoms with Gasteiger partial charge in [-0.3, -0.25) is 10.1 Å². The van der Waals surface area contributed by atoms with Crippen molar-refractivity contribution in [2.45, 2.75) is 70.5 Å². The molecule has 3 N–H and O–H groups in total. The van der Waals surface area contributed by atoms with Crippen LogP contribution < -0.4 is 10.6 Å². The summed E-state index contributed by atoms with van der Waals surface area (Å²) in [6.45, 7) is 6.19. The quantitative estimate of drug-likeness (QED) is 0.0803. The number of hydrogen-bond acceptors (Lipinski definition) is 7. The molecule has 0 atom stereocenters. The van der Waals surface area contributed by atoms with E-state index in [1.54, 1.807) is 11.8 Å². The number of rotatable bonds is 20. The lowest BCUT2D eigenvalue weighted by atomic mass is 10.0. The van der Waals surface area contributed by atoms with Gasteiger partial charge in [0.2, 0.25) is 5.91 Å². The number of allylic oxidation sites excluding steroid dienone is 8. The highest BCUT2D eigenvalue weighted by molar-refractivity contribution is 8.01. The first-order chi connectivity index (χ1) is 19.8. The first-order valence-electron chi connectivity index (χ1n) is 14.0. The monoisotopic (exact) mass is 585 g/mol. The lowest BCUT2D eigenvalue weighted by Gasteiger charge is -2.29. The van der Waals surface area contributed by atoms with Gasteiger partial charge in [-0.25, -0.2) is 9.59 Å². The summed E-state index contributed by atoms with van der Waals surface area (Å²) in [5, 5.41) is 17.1. The van der Waals surface area contributed by atoms with Crippen molar-refractivity contribution in [3.05, 3.63) is 77.3 Å². The molecule has 224 valence electrons. The number of carboxylic acid groups (broad SMARTS) is 1. The number of anilines is 1. The van der Waals surface area contributed by atoms with Crippen LogP contribution in [0, 0.1) is 4.91 Å². The number of carbonyl (C=O) groups excluding carboxylic acids is 2. The van der Waals surface area contributed by atoms with Crippen LogP contribution in [0.3, 0.4) is 0 Å². The molecule has 0 saturated heterocycles. The minimum absolute atomic E-state index is 0.0620. The van der Waals surface area contributed by atoms with Gasteiger partial charge in [0, 0.05) is 5.69 Å². The van der Waals surface area contributed by atoms with Crippen LogP contribution in [0.1, 0.15) is 76.1 Å². The van der Waals surface area contributed by atoms with Crippen LogP contribution in [0.2, 0.25) is 0 Å². The van der Waals surface area contributed by atoms with E-state index in [0.717, 1.165) is 43.9 Å². The molecule has 0 heterocycles. The Morgan fingerprint density at radius 1 is 0.951 bits per heavy atom. The average molecular weight is 586 g/mol. The summed E-state index contributed by atoms with van der Waals surface area (Å²) < 4.78 is 4.54. The molecule has 1 rings (SSSR count). The van der Waals surface area contributed by atoms with Gasteiger partial charge in [-0.15, -0.1) is 16.7 Å². The minimum Gasteiger partial charge on any atom is -0.478 e. The molecule has 0 aliphatic rings. The van der Waals surface area contributed by atoms with Crippen molar-refractivity contribution < 1.29 is 24.2 Å². The van der Waals surface area contributed by atoms with E-state index in [1.807, 2.05) is 13.8 Å². The molecule has 0 saturated carbocycles. The predicted octanol–water partition coefficient (Wildman–Crippen LogP) is 7.93. The Morgan fingerprint density at radius 2 is 1.56 bits per heavy atom. The van der Waals surface area contributed by atoms with Crippen LogP contribution >= 0.6 is 11.8 Å². The molecule has 0 fully saturated rings. The summed E-state index contributed by atoms with van der Waals surface area (Å²) in [4.78, 5) is 47.0. The van der Waals surface area contributed by atoms with Crippen LogP contribution in [0.15, 0.2) is 72.0 Å². The van der Waals surface area contributed by atoms with E-state index in [4.69, 9.17) is 9.84 Å². The van der Waals surface area contributed by atoms with Crippen molar-refractivity contribution in [1.29, 1.82) is 0 Å². The third kappa shape index (κ3) is 14.0. The Kier molecular flexibility index (Phi) is 18.2. The second-order valence-corrected chi connectivity index (χ2v) is 10.5. The first kappa shape index (κ1) is 35.4. The highest BCUT2D eigenvalue weighted by Gasteiger charge is 2.34. The van der Waals surface area contributed by atoms with Gasteiger partial charge in [-0.05, 0) is 74.1 Å². The standard InChI is InChI=1S/C31H43N3O6S/c1-4-7-8-9-10-11-12-13-14-15-16-17-18-23-41-31(5-2,6-3)29(37)32-21-22-40-30(38)33-25-19-20-27(34-39)26(24-25)28(35)36/h7-8,10-11,13-14,16-17,19-20,24H,4-6,9,12,15,18,21-23H2,1-3H3,(H,32,37)(H,33,38)(H,35,36)/b8-7-,11-10-,14-13-,17-16-. The third-order valence-electron chi connectivity index (χ3n) is 6.13. The Bertz CT molecular complexity index is 1090. The van der Waals surface area contributed by atoms with Crippen LogP contribution in [0.4, 0.5) is 16.2 Å². The highest BCUT2D eigenvalue weighted by Crippen LogP contribution is 2.33. The van der Waals surface area contributed by atoms with Crippen molar-refractivity contribution in [2.75, 3.05) is 24.2 Å². The van der Waals surface area contributed by atoms with Crippen LogP contribution in [0.25, 0.3) is 0 Å². The topological polar surface area (TPSA) is 134 Å². The van der Waals surface area contributed by atoms with Crippen molar-refractivity contribution in [2.24, 2.45) is 5.18 Å². The van der Waals surface area contributed by atoms with E-state index in [2.05, 4.69) is 71.3 Å². The molecule has 0 aromatic heterocycles. The summed E-state index contributed by atoms with van der Waals surface area (Å²) >= 11 is 1.64. The summed E-state index contributed by atoms with van der Waals surface area (Å²) in [6, 6.07) is 3.66. The van der Waals surface area contributed by atoms with E-state index >= 15 is 0 Å². The van der Waals surface area contributed by atoms with Crippen molar-refractivity contribution >= 4 is 41.1 Å². The van der Waals surface area contributed by atoms with Gasteiger partial charge < -0.3 is 15.2 Å². The zero-order valence-corrected chi connectivity index (χ0v) is 25.1. The van der Waals surface area contributed by atoms with Crippen LogP contribution in [-0.4, -0.2) is 46.7 Å². The van der Waals surface area contributed by atoms with Gasteiger partial charge >= 0.3 is 12.1 Å². The number of thioether (sulfide) groups is 1. The smallest absolute Gasteiger partial charge is 0.411 e. The number of amides is 2. The molecule has 0 aliphatic heterocycles. The maximum absolute atomic E-state index is 13.0. The fraction of sp³-hybridized carbons (Fsp3) is 0.452. The number of carbonyl (C=O) groups is 3. The molecule has 0 radical (unpaired) electrons. The molecule has 1 aromatic carbocycles. The highest BCUT2D eigenvalue weighted by atomic mass is 32.2. The second kappa shape index (κ2) is 21.1. The van der Waals surface area contributed by atoms with E-state index in [1.165, 1.54) is 12.1 Å². The fourth-order valence-electron chi connectivity index (χ4n) is 3.75. The predicted molar refractivity (Wildman–Crippen MR) is 168 cm³/mol. The second-order valence-electron chi connectivity index (χ2n) is 8.98. The molecule has 0 unspecified atom stereocenters. The molecule has 9 nitrogen and oxygen atoms in total. The number of ether oxygens (including phenoxy) is 1. The Morgan fingerprint density at radius 3 is 2.12 bits per heavy atom.